The van der Waals surface area contributed by atoms with Gasteiger partial charge in [-0.1, -0.05) is 72.3 Å². The van der Waals surface area contributed by atoms with E-state index in [0.717, 1.165) is 5.56 Å². The molecule has 7 heteroatoms. The van der Waals surface area contributed by atoms with Crippen LogP contribution >= 0.6 is 11.6 Å². The summed E-state index contributed by atoms with van der Waals surface area (Å²) in [6.07, 6.45) is 3.81. The van der Waals surface area contributed by atoms with Crippen LogP contribution in [0.25, 0.3) is 6.08 Å². The number of hydrogen-bond donors (Lipinski definition) is 1. The Labute approximate surface area is 234 Å². The van der Waals surface area contributed by atoms with Crippen molar-refractivity contribution in [2.75, 3.05) is 10.2 Å². The quantitative estimate of drug-likeness (QED) is 0.302. The number of carbonyl (C=O) groups is 3. The van der Waals surface area contributed by atoms with Gasteiger partial charge in [-0.25, -0.2) is 4.39 Å². The van der Waals surface area contributed by atoms with E-state index in [-0.39, 0.29) is 11.5 Å². The predicted molar refractivity (Wildman–Crippen MR) is 152 cm³/mol. The number of hydrogen-bond acceptors (Lipinski definition) is 4. The molecule has 196 valence electrons. The largest absolute Gasteiger partial charge is 0.352 e. The first-order chi connectivity index (χ1) is 19.4. The first kappa shape index (κ1) is 24.5. The average molecular weight is 549 g/mol. The molecule has 3 heterocycles. The second-order valence-corrected chi connectivity index (χ2v) is 10.7. The van der Waals surface area contributed by atoms with Gasteiger partial charge in [-0.3, -0.25) is 14.4 Å². The van der Waals surface area contributed by atoms with Crippen LogP contribution in [0, 0.1) is 11.7 Å². The van der Waals surface area contributed by atoms with E-state index in [1.54, 1.807) is 36.4 Å². The van der Waals surface area contributed by atoms with Crippen molar-refractivity contribution >= 4 is 46.5 Å². The lowest BCUT2D eigenvalue weighted by molar-refractivity contribution is -0.121. The number of amides is 1. The topological polar surface area (TPSA) is 66.5 Å². The number of fused-ring (bicyclic) bond motifs is 6. The van der Waals surface area contributed by atoms with Crippen LogP contribution in [0.4, 0.5) is 15.8 Å². The standard InChI is InChI=1S/C33H22ClFN2O3/c34-21-16-13-20(14-17-21)30(38)28-29(31(39)22-8-2-4-10-24(22)35)37-26-12-6-1-7-19(26)15-18-27(37)33(28)23-9-3-5-11-25(23)36-32(33)40/h1-18,27-29H,(H,36,40)/t27-,28+,29-,33-/m0/s1. The molecule has 0 aliphatic carbocycles. The molecule has 40 heavy (non-hydrogen) atoms. The van der Waals surface area contributed by atoms with Crippen molar-refractivity contribution in [2.45, 2.75) is 17.5 Å². The first-order valence-corrected chi connectivity index (χ1v) is 13.4. The zero-order valence-electron chi connectivity index (χ0n) is 21.1. The highest BCUT2D eigenvalue weighted by Gasteiger charge is 2.70. The SMILES string of the molecule is O=C(c1ccccc1F)[C@@H]1[C@H](C(=O)c2ccc(Cl)cc2)[C@@]2(C(=O)Nc3ccccc32)[C@@H]2C=Cc3ccccc3N12. The highest BCUT2D eigenvalue weighted by molar-refractivity contribution is 6.30. The van der Waals surface area contributed by atoms with Crippen molar-refractivity contribution in [2.24, 2.45) is 5.92 Å². The van der Waals surface area contributed by atoms with E-state index < -0.39 is 40.8 Å². The van der Waals surface area contributed by atoms with Gasteiger partial charge in [0.25, 0.3) is 0 Å². The molecule has 5 nitrogen and oxygen atoms in total. The third-order valence-corrected chi connectivity index (χ3v) is 8.61. The highest BCUT2D eigenvalue weighted by Crippen LogP contribution is 2.58. The molecule has 4 atom stereocenters. The zero-order valence-corrected chi connectivity index (χ0v) is 21.8. The summed E-state index contributed by atoms with van der Waals surface area (Å²) < 4.78 is 15.2. The van der Waals surface area contributed by atoms with Crippen LogP contribution in [0.3, 0.4) is 0 Å². The summed E-state index contributed by atoms with van der Waals surface area (Å²) in [6.45, 7) is 0. The molecule has 1 spiro atoms. The van der Waals surface area contributed by atoms with E-state index in [1.165, 1.54) is 18.2 Å². The Morgan fingerprint density at radius 2 is 1.55 bits per heavy atom. The summed E-state index contributed by atoms with van der Waals surface area (Å²) in [5.41, 5.74) is 1.50. The normalized spacial score (nSPS) is 23.9. The second-order valence-electron chi connectivity index (χ2n) is 10.3. The average Bonchev–Trinajstić information content (AvgIpc) is 3.45. The van der Waals surface area contributed by atoms with Crippen molar-refractivity contribution in [3.63, 3.8) is 0 Å². The number of benzene rings is 4. The maximum atomic E-state index is 15.2. The molecule has 0 aromatic heterocycles. The molecule has 3 aliphatic rings. The van der Waals surface area contributed by atoms with E-state index in [2.05, 4.69) is 5.32 Å². The fourth-order valence-electron chi connectivity index (χ4n) is 6.73. The number of ketones is 2. The minimum absolute atomic E-state index is 0.129. The van der Waals surface area contributed by atoms with Gasteiger partial charge in [0.05, 0.1) is 17.5 Å². The number of carbonyl (C=O) groups excluding carboxylic acids is 3. The van der Waals surface area contributed by atoms with Gasteiger partial charge in [0.2, 0.25) is 5.91 Å². The minimum Gasteiger partial charge on any atom is -0.352 e. The summed E-state index contributed by atoms with van der Waals surface area (Å²) in [6, 6.07) is 25.1. The number of anilines is 2. The number of halogens is 2. The summed E-state index contributed by atoms with van der Waals surface area (Å²) in [5.74, 6) is -3.18. The van der Waals surface area contributed by atoms with Crippen LogP contribution in [0.5, 0.6) is 0 Å². The molecule has 1 fully saturated rings. The first-order valence-electron chi connectivity index (χ1n) is 13.0. The smallest absolute Gasteiger partial charge is 0.238 e. The van der Waals surface area contributed by atoms with Gasteiger partial charge < -0.3 is 10.2 Å². The summed E-state index contributed by atoms with van der Waals surface area (Å²) in [4.78, 5) is 45.2. The van der Waals surface area contributed by atoms with Gasteiger partial charge in [0, 0.05) is 22.0 Å². The number of nitrogens with zero attached hydrogens (tertiary/aromatic N) is 1. The molecule has 0 saturated carbocycles. The molecular formula is C33H22ClFN2O3. The summed E-state index contributed by atoms with van der Waals surface area (Å²) in [5, 5.41) is 3.44. The van der Waals surface area contributed by atoms with E-state index in [4.69, 9.17) is 11.6 Å². The zero-order chi connectivity index (χ0) is 27.6. The summed E-state index contributed by atoms with van der Waals surface area (Å²) in [7, 11) is 0. The fraction of sp³-hybridized carbons (Fsp3) is 0.121. The third kappa shape index (κ3) is 3.29. The molecule has 4 aromatic carbocycles. The molecule has 0 unspecified atom stereocenters. The maximum Gasteiger partial charge on any atom is 0.238 e. The van der Waals surface area contributed by atoms with Crippen molar-refractivity contribution in [1.29, 1.82) is 0 Å². The monoisotopic (exact) mass is 548 g/mol. The van der Waals surface area contributed by atoms with E-state index >= 15 is 4.39 Å². The molecule has 1 saturated heterocycles. The van der Waals surface area contributed by atoms with E-state index in [9.17, 15) is 14.4 Å². The highest BCUT2D eigenvalue weighted by atomic mass is 35.5. The summed E-state index contributed by atoms with van der Waals surface area (Å²) >= 11 is 6.13. The lowest BCUT2D eigenvalue weighted by atomic mass is 9.64. The van der Waals surface area contributed by atoms with Crippen molar-refractivity contribution in [3.8, 4) is 0 Å². The molecule has 1 amide bonds. The second kappa shape index (κ2) is 9.00. The fourth-order valence-corrected chi connectivity index (χ4v) is 6.86. The Hall–Kier alpha value is -4.55. The molecular weight excluding hydrogens is 527 g/mol. The van der Waals surface area contributed by atoms with Crippen molar-refractivity contribution in [3.05, 3.63) is 136 Å². The minimum atomic E-state index is -1.46. The number of nitrogens with one attached hydrogen (secondary N) is 1. The number of para-hydroxylation sites is 2. The molecule has 4 aromatic rings. The third-order valence-electron chi connectivity index (χ3n) is 8.36. The van der Waals surface area contributed by atoms with Crippen LogP contribution in [-0.4, -0.2) is 29.6 Å². The van der Waals surface area contributed by atoms with Gasteiger partial charge in [-0.15, -0.1) is 0 Å². The molecule has 1 N–H and O–H groups in total. The van der Waals surface area contributed by atoms with Crippen molar-refractivity contribution < 1.29 is 18.8 Å². The molecule has 0 radical (unpaired) electrons. The van der Waals surface area contributed by atoms with Crippen LogP contribution in [-0.2, 0) is 10.2 Å². The predicted octanol–water partition coefficient (Wildman–Crippen LogP) is 6.34. The van der Waals surface area contributed by atoms with Crippen LogP contribution in [0.15, 0.2) is 103 Å². The number of rotatable bonds is 4. The van der Waals surface area contributed by atoms with Crippen LogP contribution < -0.4 is 10.2 Å². The van der Waals surface area contributed by atoms with Crippen LogP contribution in [0.1, 0.15) is 31.8 Å². The van der Waals surface area contributed by atoms with Gasteiger partial charge in [-0.2, -0.15) is 0 Å². The molecule has 7 rings (SSSR count). The Bertz CT molecular complexity index is 1750. The lowest BCUT2D eigenvalue weighted by Crippen LogP contribution is -2.51. The number of Topliss-reactive ketones (excluding diaryl/α,β-unsaturated/α-hetero) is 2. The van der Waals surface area contributed by atoms with Crippen molar-refractivity contribution in [1.82, 2.24) is 0 Å². The Kier molecular flexibility index (Phi) is 5.51. The van der Waals surface area contributed by atoms with Gasteiger partial charge in [0.1, 0.15) is 17.3 Å². The Morgan fingerprint density at radius 1 is 0.850 bits per heavy atom. The van der Waals surface area contributed by atoms with E-state index in [1.807, 2.05) is 59.5 Å². The van der Waals surface area contributed by atoms with Gasteiger partial charge in [-0.05, 0) is 59.7 Å². The van der Waals surface area contributed by atoms with Gasteiger partial charge >= 0.3 is 0 Å². The Balaban J connectivity index is 1.55. The Morgan fingerprint density at radius 3 is 2.35 bits per heavy atom. The lowest BCUT2D eigenvalue weighted by Gasteiger charge is -2.37. The molecule has 0 bridgehead atoms. The maximum absolute atomic E-state index is 15.2. The van der Waals surface area contributed by atoms with Crippen LogP contribution in [0.2, 0.25) is 5.02 Å². The molecule has 3 aliphatic heterocycles. The van der Waals surface area contributed by atoms with E-state index in [0.29, 0.717) is 27.5 Å². The van der Waals surface area contributed by atoms with Gasteiger partial charge in [0.15, 0.2) is 11.6 Å².